The maximum atomic E-state index is 12.1. The van der Waals surface area contributed by atoms with Crippen LogP contribution in [0.15, 0.2) is 17.5 Å². The number of nitrogens with one attached hydrogen (secondary N) is 1. The summed E-state index contributed by atoms with van der Waals surface area (Å²) in [5.74, 6) is -1.16. The van der Waals surface area contributed by atoms with E-state index >= 15 is 0 Å². The maximum absolute atomic E-state index is 12.1. The first-order valence-electron chi connectivity index (χ1n) is 6.34. The summed E-state index contributed by atoms with van der Waals surface area (Å²) in [4.78, 5) is 23.1. The molecular weight excluding hydrogens is 262 g/mol. The fourth-order valence-electron chi connectivity index (χ4n) is 1.67. The van der Waals surface area contributed by atoms with Crippen LogP contribution in [0.1, 0.15) is 48.3 Å². The zero-order chi connectivity index (χ0) is 14.3. The average Bonchev–Trinajstić information content (AvgIpc) is 2.82. The highest BCUT2D eigenvalue weighted by atomic mass is 32.1. The second kappa shape index (κ2) is 7.74. The highest BCUT2D eigenvalue weighted by molar-refractivity contribution is 7.12. The molecule has 0 saturated heterocycles. The monoisotopic (exact) mass is 281 g/mol. The number of carboxylic acids is 1. The molecule has 0 bridgehead atoms. The fraction of sp³-hybridized carbons (Fsp3) is 0.429. The van der Waals surface area contributed by atoms with Crippen LogP contribution >= 0.6 is 11.3 Å². The molecule has 2 N–H and O–H groups in total. The molecule has 0 saturated carbocycles. The molecule has 1 rings (SSSR count). The first-order chi connectivity index (χ1) is 9.04. The van der Waals surface area contributed by atoms with Crippen molar-refractivity contribution in [1.29, 1.82) is 0 Å². The molecule has 1 atom stereocenters. The van der Waals surface area contributed by atoms with Gasteiger partial charge in [-0.05, 0) is 36.4 Å². The zero-order valence-corrected chi connectivity index (χ0v) is 12.0. The fourth-order valence-corrected chi connectivity index (χ4v) is 2.46. The third kappa shape index (κ3) is 5.26. The summed E-state index contributed by atoms with van der Waals surface area (Å²) < 4.78 is 0. The standard InChI is InChI=1S/C14H19NO3S/c1-3-4-5-10(2)15-14(18)13-11(8-9-19-13)6-7-12(16)17/h6-10H,3-5H2,1-2H3,(H,15,18)(H,16,17). The van der Waals surface area contributed by atoms with Crippen LogP contribution in [0.4, 0.5) is 0 Å². The molecule has 0 aliphatic rings. The molecule has 1 aromatic heterocycles. The van der Waals surface area contributed by atoms with Gasteiger partial charge in [0.15, 0.2) is 0 Å². The molecule has 1 amide bonds. The van der Waals surface area contributed by atoms with Gasteiger partial charge in [0.2, 0.25) is 0 Å². The average molecular weight is 281 g/mol. The molecule has 1 aromatic rings. The van der Waals surface area contributed by atoms with Crippen molar-refractivity contribution in [2.24, 2.45) is 0 Å². The van der Waals surface area contributed by atoms with E-state index < -0.39 is 5.97 Å². The summed E-state index contributed by atoms with van der Waals surface area (Å²) in [7, 11) is 0. The van der Waals surface area contributed by atoms with Gasteiger partial charge in [0.05, 0.1) is 4.88 Å². The molecule has 5 heteroatoms. The Morgan fingerprint density at radius 2 is 2.26 bits per heavy atom. The summed E-state index contributed by atoms with van der Waals surface area (Å²) in [6.07, 6.45) is 5.63. The molecule has 1 heterocycles. The van der Waals surface area contributed by atoms with Gasteiger partial charge in [-0.25, -0.2) is 4.79 Å². The minimum atomic E-state index is -1.02. The number of amides is 1. The summed E-state index contributed by atoms with van der Waals surface area (Å²) in [6, 6.07) is 1.88. The Kier molecular flexibility index (Phi) is 6.29. The summed E-state index contributed by atoms with van der Waals surface area (Å²) in [5.41, 5.74) is 0.646. The topological polar surface area (TPSA) is 66.4 Å². The van der Waals surface area contributed by atoms with Gasteiger partial charge in [-0.3, -0.25) is 4.79 Å². The Labute approximate surface area is 117 Å². The normalized spacial score (nSPS) is 12.5. The summed E-state index contributed by atoms with van der Waals surface area (Å²) in [5, 5.41) is 13.3. The minimum Gasteiger partial charge on any atom is -0.478 e. The predicted molar refractivity (Wildman–Crippen MR) is 77.4 cm³/mol. The Morgan fingerprint density at radius 3 is 2.89 bits per heavy atom. The van der Waals surface area contributed by atoms with E-state index in [0.29, 0.717) is 10.4 Å². The second-order valence-corrected chi connectivity index (χ2v) is 5.31. The maximum Gasteiger partial charge on any atom is 0.328 e. The number of hydrogen-bond acceptors (Lipinski definition) is 3. The van der Waals surface area contributed by atoms with Crippen molar-refractivity contribution >= 4 is 29.3 Å². The van der Waals surface area contributed by atoms with Gasteiger partial charge < -0.3 is 10.4 Å². The van der Waals surface area contributed by atoms with Crippen molar-refractivity contribution in [3.8, 4) is 0 Å². The SMILES string of the molecule is CCCCC(C)NC(=O)c1sccc1C=CC(=O)O. The summed E-state index contributed by atoms with van der Waals surface area (Å²) >= 11 is 1.32. The molecule has 4 nitrogen and oxygen atoms in total. The lowest BCUT2D eigenvalue weighted by molar-refractivity contribution is -0.131. The van der Waals surface area contributed by atoms with Gasteiger partial charge in [0.1, 0.15) is 0 Å². The van der Waals surface area contributed by atoms with E-state index in [2.05, 4.69) is 12.2 Å². The smallest absolute Gasteiger partial charge is 0.328 e. The molecule has 0 aromatic carbocycles. The van der Waals surface area contributed by atoms with Crippen LogP contribution in [0, 0.1) is 0 Å². The number of unbranched alkanes of at least 4 members (excludes halogenated alkanes) is 1. The number of carboxylic acid groups (broad SMARTS) is 1. The Balaban J connectivity index is 2.67. The lowest BCUT2D eigenvalue weighted by Crippen LogP contribution is -2.32. The molecular formula is C14H19NO3S. The van der Waals surface area contributed by atoms with E-state index in [-0.39, 0.29) is 11.9 Å². The summed E-state index contributed by atoms with van der Waals surface area (Å²) in [6.45, 7) is 4.09. The quantitative estimate of drug-likeness (QED) is 0.754. The predicted octanol–water partition coefficient (Wildman–Crippen LogP) is 3.15. The molecule has 0 aliphatic heterocycles. The highest BCUT2D eigenvalue weighted by Gasteiger charge is 2.13. The second-order valence-electron chi connectivity index (χ2n) is 4.39. The van der Waals surface area contributed by atoms with Crippen LogP contribution in [0.25, 0.3) is 6.08 Å². The van der Waals surface area contributed by atoms with E-state index in [1.165, 1.54) is 17.4 Å². The molecule has 104 valence electrons. The first-order valence-corrected chi connectivity index (χ1v) is 7.22. The van der Waals surface area contributed by atoms with Crippen LogP contribution in [0.2, 0.25) is 0 Å². The van der Waals surface area contributed by atoms with Gasteiger partial charge >= 0.3 is 5.97 Å². The van der Waals surface area contributed by atoms with Gasteiger partial charge in [-0.1, -0.05) is 19.8 Å². The molecule has 1 unspecified atom stereocenters. The largest absolute Gasteiger partial charge is 0.478 e. The number of carbonyl (C=O) groups is 2. The Hall–Kier alpha value is -1.62. The van der Waals surface area contributed by atoms with Crippen molar-refractivity contribution < 1.29 is 14.7 Å². The van der Waals surface area contributed by atoms with E-state index in [1.807, 2.05) is 6.92 Å². The van der Waals surface area contributed by atoms with Gasteiger partial charge in [-0.2, -0.15) is 0 Å². The highest BCUT2D eigenvalue weighted by Crippen LogP contribution is 2.18. The molecule has 0 spiro atoms. The van der Waals surface area contributed by atoms with Crippen LogP contribution in [-0.4, -0.2) is 23.0 Å². The van der Waals surface area contributed by atoms with Gasteiger partial charge in [0.25, 0.3) is 5.91 Å². The Bertz CT molecular complexity index is 465. The number of rotatable bonds is 7. The number of hydrogen-bond donors (Lipinski definition) is 2. The van der Waals surface area contributed by atoms with E-state index in [0.717, 1.165) is 25.3 Å². The molecule has 0 radical (unpaired) electrons. The van der Waals surface area contributed by atoms with E-state index in [1.54, 1.807) is 11.4 Å². The molecule has 0 fully saturated rings. The molecule has 0 aliphatic carbocycles. The van der Waals surface area contributed by atoms with Crippen molar-refractivity contribution in [3.05, 3.63) is 28.0 Å². The lowest BCUT2D eigenvalue weighted by Gasteiger charge is -2.12. The third-order valence-corrected chi connectivity index (χ3v) is 3.60. The van der Waals surface area contributed by atoms with Crippen LogP contribution in [0.5, 0.6) is 0 Å². The van der Waals surface area contributed by atoms with Gasteiger partial charge in [0, 0.05) is 12.1 Å². The zero-order valence-electron chi connectivity index (χ0n) is 11.2. The van der Waals surface area contributed by atoms with E-state index in [4.69, 9.17) is 5.11 Å². The number of thiophene rings is 1. The lowest BCUT2D eigenvalue weighted by atomic mass is 10.1. The van der Waals surface area contributed by atoms with Crippen LogP contribution < -0.4 is 5.32 Å². The van der Waals surface area contributed by atoms with Crippen molar-refractivity contribution in [2.45, 2.75) is 39.2 Å². The van der Waals surface area contributed by atoms with Crippen molar-refractivity contribution in [3.63, 3.8) is 0 Å². The van der Waals surface area contributed by atoms with Crippen molar-refractivity contribution in [2.75, 3.05) is 0 Å². The minimum absolute atomic E-state index is 0.130. The molecule has 19 heavy (non-hydrogen) atoms. The van der Waals surface area contributed by atoms with Crippen molar-refractivity contribution in [1.82, 2.24) is 5.32 Å². The third-order valence-electron chi connectivity index (χ3n) is 2.68. The van der Waals surface area contributed by atoms with E-state index in [9.17, 15) is 9.59 Å². The van der Waals surface area contributed by atoms with Gasteiger partial charge in [-0.15, -0.1) is 11.3 Å². The number of carbonyl (C=O) groups excluding carboxylic acids is 1. The van der Waals surface area contributed by atoms with Crippen LogP contribution in [0.3, 0.4) is 0 Å². The first kappa shape index (κ1) is 15.4. The Morgan fingerprint density at radius 1 is 1.53 bits per heavy atom. The number of aliphatic carboxylic acids is 1. The van der Waals surface area contributed by atoms with Crippen LogP contribution in [-0.2, 0) is 4.79 Å².